The molecule has 0 aliphatic carbocycles. The Balaban J connectivity index is 1.33. The minimum absolute atomic E-state index is 0.317. The van der Waals surface area contributed by atoms with Gasteiger partial charge < -0.3 is 0 Å². The zero-order chi connectivity index (χ0) is 20.9. The van der Waals surface area contributed by atoms with Gasteiger partial charge in [-0.05, 0) is 47.5 Å². The Morgan fingerprint density at radius 1 is 0.933 bits per heavy atom. The minimum atomic E-state index is -0.426. The first-order chi connectivity index (χ1) is 14.6. The molecular weight excluding hydrogens is 405 g/mol. The summed E-state index contributed by atoms with van der Waals surface area (Å²) >= 11 is 1.25. The number of hydrogen-bond acceptors (Lipinski definition) is 5. The summed E-state index contributed by atoms with van der Waals surface area (Å²) in [5, 5.41) is 4.03. The van der Waals surface area contributed by atoms with E-state index in [-0.39, 0.29) is 5.82 Å². The van der Waals surface area contributed by atoms with Gasteiger partial charge in [0.05, 0.1) is 11.4 Å². The average Bonchev–Trinajstić information content (AvgIpc) is 3.45. The number of amides is 2. The number of benzene rings is 2. The lowest BCUT2D eigenvalue weighted by Crippen LogP contribution is -2.41. The highest BCUT2D eigenvalue weighted by molar-refractivity contribution is 7.17. The van der Waals surface area contributed by atoms with Crippen molar-refractivity contribution in [3.05, 3.63) is 95.1 Å². The van der Waals surface area contributed by atoms with Crippen LogP contribution in [0.3, 0.4) is 0 Å². The normalized spacial score (nSPS) is 10.6. The van der Waals surface area contributed by atoms with Crippen LogP contribution in [0, 0.1) is 5.82 Å². The summed E-state index contributed by atoms with van der Waals surface area (Å²) in [5.41, 5.74) is 7.02. The summed E-state index contributed by atoms with van der Waals surface area (Å²) < 4.78 is 14.7. The van der Waals surface area contributed by atoms with Gasteiger partial charge >= 0.3 is 0 Å². The summed E-state index contributed by atoms with van der Waals surface area (Å²) in [5.74, 6) is -1.17. The standard InChI is InChI=1S/C21H16FN5O2S/c22-17-7-5-15(6-8-17)18-9-10-19(30-18)21(29)26-25-20(28)16-3-1-14(2-4-16)11-27-13-23-12-24-27/h1-10,12-13H,11H2,(H,25,28)(H,26,29). The summed E-state index contributed by atoms with van der Waals surface area (Å²) in [4.78, 5) is 29.7. The van der Waals surface area contributed by atoms with E-state index in [0.29, 0.717) is 17.0 Å². The van der Waals surface area contributed by atoms with Crippen LogP contribution in [0.25, 0.3) is 10.4 Å². The molecule has 0 saturated carbocycles. The molecule has 150 valence electrons. The van der Waals surface area contributed by atoms with Crippen LogP contribution >= 0.6 is 11.3 Å². The summed E-state index contributed by atoms with van der Waals surface area (Å²) in [6, 6.07) is 16.4. The first kappa shape index (κ1) is 19.5. The van der Waals surface area contributed by atoms with Crippen molar-refractivity contribution in [3.63, 3.8) is 0 Å². The van der Waals surface area contributed by atoms with Crippen LogP contribution < -0.4 is 10.9 Å². The van der Waals surface area contributed by atoms with Crippen LogP contribution in [-0.4, -0.2) is 26.6 Å². The van der Waals surface area contributed by atoms with Crippen LogP contribution in [0.1, 0.15) is 25.6 Å². The topological polar surface area (TPSA) is 88.9 Å². The maximum absolute atomic E-state index is 13.1. The largest absolute Gasteiger partial charge is 0.279 e. The molecule has 2 aromatic heterocycles. The van der Waals surface area contributed by atoms with Crippen LogP contribution in [-0.2, 0) is 6.54 Å². The number of nitrogens with one attached hydrogen (secondary N) is 2. The fourth-order valence-corrected chi connectivity index (χ4v) is 3.65. The van der Waals surface area contributed by atoms with Gasteiger partial charge in [0.15, 0.2) is 0 Å². The van der Waals surface area contributed by atoms with E-state index in [0.717, 1.165) is 16.0 Å². The number of halogens is 1. The fraction of sp³-hybridized carbons (Fsp3) is 0.0476. The minimum Gasteiger partial charge on any atom is -0.267 e. The van der Waals surface area contributed by atoms with E-state index >= 15 is 0 Å². The zero-order valence-corrected chi connectivity index (χ0v) is 16.4. The number of carbonyl (C=O) groups excluding carboxylic acids is 2. The summed E-state index contributed by atoms with van der Waals surface area (Å²) in [7, 11) is 0. The van der Waals surface area contributed by atoms with E-state index in [9.17, 15) is 14.0 Å². The Hall–Kier alpha value is -3.85. The molecule has 2 heterocycles. The first-order valence-corrected chi connectivity index (χ1v) is 9.78. The number of rotatable bonds is 5. The SMILES string of the molecule is O=C(NNC(=O)c1ccc(-c2ccc(F)cc2)s1)c1ccc(Cn2cncn2)cc1. The molecule has 0 atom stereocenters. The molecule has 0 unspecified atom stereocenters. The molecule has 0 radical (unpaired) electrons. The van der Waals surface area contributed by atoms with Gasteiger partial charge in [0.2, 0.25) is 0 Å². The Labute approximate surface area is 175 Å². The Kier molecular flexibility index (Phi) is 5.62. The summed E-state index contributed by atoms with van der Waals surface area (Å²) in [6.45, 7) is 0.549. The maximum Gasteiger partial charge on any atom is 0.279 e. The van der Waals surface area contributed by atoms with Gasteiger partial charge in [-0.25, -0.2) is 14.1 Å². The number of hydrazine groups is 1. The number of thiophene rings is 1. The Morgan fingerprint density at radius 3 is 2.37 bits per heavy atom. The molecule has 0 aliphatic rings. The highest BCUT2D eigenvalue weighted by Crippen LogP contribution is 2.28. The van der Waals surface area contributed by atoms with E-state index in [1.165, 1.54) is 29.8 Å². The number of hydrogen-bond donors (Lipinski definition) is 2. The van der Waals surface area contributed by atoms with E-state index in [2.05, 4.69) is 20.9 Å². The van der Waals surface area contributed by atoms with E-state index in [1.807, 2.05) is 12.1 Å². The third-order valence-electron chi connectivity index (χ3n) is 4.28. The number of carbonyl (C=O) groups is 2. The highest BCUT2D eigenvalue weighted by atomic mass is 32.1. The van der Waals surface area contributed by atoms with E-state index in [1.54, 1.807) is 47.4 Å². The monoisotopic (exact) mass is 421 g/mol. The van der Waals surface area contributed by atoms with Crippen molar-refractivity contribution in [3.8, 4) is 10.4 Å². The van der Waals surface area contributed by atoms with Crippen LogP contribution in [0.2, 0.25) is 0 Å². The van der Waals surface area contributed by atoms with Gasteiger partial charge in [-0.15, -0.1) is 11.3 Å². The van der Waals surface area contributed by atoms with Gasteiger partial charge in [-0.2, -0.15) is 5.10 Å². The first-order valence-electron chi connectivity index (χ1n) is 8.96. The predicted octanol–water partition coefficient (Wildman–Crippen LogP) is 3.27. The smallest absolute Gasteiger partial charge is 0.267 e. The van der Waals surface area contributed by atoms with Crippen LogP contribution in [0.15, 0.2) is 73.3 Å². The Morgan fingerprint density at radius 2 is 1.67 bits per heavy atom. The molecular formula is C21H16FN5O2S. The highest BCUT2D eigenvalue weighted by Gasteiger charge is 2.12. The quantitative estimate of drug-likeness (QED) is 0.484. The second kappa shape index (κ2) is 8.66. The van der Waals surface area contributed by atoms with Gasteiger partial charge in [-0.1, -0.05) is 24.3 Å². The lowest BCUT2D eigenvalue weighted by Gasteiger charge is -2.07. The third kappa shape index (κ3) is 4.58. The molecule has 2 N–H and O–H groups in total. The molecule has 0 saturated heterocycles. The van der Waals surface area contributed by atoms with Crippen molar-refractivity contribution in [2.75, 3.05) is 0 Å². The number of nitrogens with zero attached hydrogens (tertiary/aromatic N) is 3. The van der Waals surface area contributed by atoms with Gasteiger partial charge in [0, 0.05) is 10.4 Å². The van der Waals surface area contributed by atoms with Gasteiger partial charge in [0.1, 0.15) is 18.5 Å². The zero-order valence-electron chi connectivity index (χ0n) is 15.6. The van der Waals surface area contributed by atoms with E-state index < -0.39 is 11.8 Å². The van der Waals surface area contributed by atoms with E-state index in [4.69, 9.17) is 0 Å². The fourth-order valence-electron chi connectivity index (χ4n) is 2.74. The molecule has 2 aromatic carbocycles. The van der Waals surface area contributed by atoms with Crippen LogP contribution in [0.5, 0.6) is 0 Å². The maximum atomic E-state index is 13.1. The van der Waals surface area contributed by atoms with Crippen LogP contribution in [0.4, 0.5) is 4.39 Å². The molecule has 0 aliphatic heterocycles. The van der Waals surface area contributed by atoms with Crippen molar-refractivity contribution in [2.45, 2.75) is 6.54 Å². The molecule has 0 bridgehead atoms. The molecule has 4 aromatic rings. The van der Waals surface area contributed by atoms with Gasteiger partial charge in [0.25, 0.3) is 11.8 Å². The molecule has 0 fully saturated rings. The molecule has 2 amide bonds. The lowest BCUT2D eigenvalue weighted by atomic mass is 10.1. The molecule has 30 heavy (non-hydrogen) atoms. The third-order valence-corrected chi connectivity index (χ3v) is 5.41. The van der Waals surface area contributed by atoms with Crippen molar-refractivity contribution in [2.24, 2.45) is 0 Å². The molecule has 7 nitrogen and oxygen atoms in total. The molecule has 0 spiro atoms. The Bertz CT molecular complexity index is 1160. The number of aromatic nitrogens is 3. The second-order valence-corrected chi connectivity index (χ2v) is 7.45. The molecule has 4 rings (SSSR count). The summed E-state index contributed by atoms with van der Waals surface area (Å²) in [6.07, 6.45) is 3.07. The molecule has 9 heteroatoms. The van der Waals surface area contributed by atoms with Crippen molar-refractivity contribution < 1.29 is 14.0 Å². The van der Waals surface area contributed by atoms with Crippen molar-refractivity contribution in [1.29, 1.82) is 0 Å². The average molecular weight is 421 g/mol. The second-order valence-electron chi connectivity index (χ2n) is 6.37. The predicted molar refractivity (Wildman–Crippen MR) is 110 cm³/mol. The lowest BCUT2D eigenvalue weighted by molar-refractivity contribution is 0.0849. The van der Waals surface area contributed by atoms with Crippen molar-refractivity contribution in [1.82, 2.24) is 25.6 Å². The van der Waals surface area contributed by atoms with Crippen molar-refractivity contribution >= 4 is 23.2 Å². The van der Waals surface area contributed by atoms with Gasteiger partial charge in [-0.3, -0.25) is 20.4 Å².